The molecule has 0 radical (unpaired) electrons. The predicted octanol–water partition coefficient (Wildman–Crippen LogP) is 4.05. The minimum Gasteiger partial charge on any atom is -0.493 e. The highest BCUT2D eigenvalue weighted by molar-refractivity contribution is 5.77. The summed E-state index contributed by atoms with van der Waals surface area (Å²) in [5.41, 5.74) is 13.2. The number of hydrogen-bond acceptors (Lipinski definition) is 4. The topological polar surface area (TPSA) is 118 Å². The summed E-state index contributed by atoms with van der Waals surface area (Å²) in [6.45, 7) is 1.21. The molecule has 0 heterocycles. The van der Waals surface area contributed by atoms with E-state index in [-0.39, 0.29) is 11.7 Å². The first-order chi connectivity index (χ1) is 14.0. The van der Waals surface area contributed by atoms with Gasteiger partial charge in [-0.25, -0.2) is 0 Å². The maximum Gasteiger partial charge on any atom is 0.119 e. The second-order valence-corrected chi connectivity index (χ2v) is 7.10. The highest BCUT2D eigenvalue weighted by Crippen LogP contribution is 2.16. The number of ether oxygens (including phenoxy) is 2. The number of nitrogens with two attached hydrogens (primary N) is 2. The van der Waals surface area contributed by atoms with Crippen LogP contribution in [0.4, 0.5) is 0 Å². The molecule has 2 rings (SSSR count). The van der Waals surface area contributed by atoms with E-state index >= 15 is 0 Å². The van der Waals surface area contributed by atoms with Crippen LogP contribution in [0.3, 0.4) is 0 Å². The standard InChI is InChI=1S/C23H32N4O2/c24-22(25)6-1-4-18-8-12-20(13-9-18)28-16-3-17-29-21-14-10-19(11-15-21)5-2-7-23(26)27/h8-15H,1-7,16-17H2,(H3,24,25)(H3,26,27). The summed E-state index contributed by atoms with van der Waals surface area (Å²) in [6, 6.07) is 16.2. The molecule has 0 aliphatic heterocycles. The summed E-state index contributed by atoms with van der Waals surface area (Å²) in [5, 5.41) is 14.5. The van der Waals surface area contributed by atoms with Crippen LogP contribution in [0.5, 0.6) is 11.5 Å². The van der Waals surface area contributed by atoms with Crippen LogP contribution in [0, 0.1) is 10.8 Å². The first-order valence-corrected chi connectivity index (χ1v) is 10.1. The van der Waals surface area contributed by atoms with Gasteiger partial charge in [-0.15, -0.1) is 0 Å². The molecule has 156 valence electrons. The zero-order valence-corrected chi connectivity index (χ0v) is 17.0. The van der Waals surface area contributed by atoms with Crippen molar-refractivity contribution in [3.63, 3.8) is 0 Å². The highest BCUT2D eigenvalue weighted by Gasteiger charge is 2.00. The molecule has 0 atom stereocenters. The van der Waals surface area contributed by atoms with Gasteiger partial charge in [0.2, 0.25) is 0 Å². The van der Waals surface area contributed by atoms with Crippen molar-refractivity contribution in [1.82, 2.24) is 0 Å². The third kappa shape index (κ3) is 9.65. The molecule has 0 aromatic heterocycles. The molecule has 6 nitrogen and oxygen atoms in total. The monoisotopic (exact) mass is 396 g/mol. The molecule has 0 aliphatic carbocycles. The molecule has 0 fully saturated rings. The molecule has 0 aliphatic rings. The lowest BCUT2D eigenvalue weighted by atomic mass is 10.1. The number of aryl methyl sites for hydroxylation is 2. The number of rotatable bonds is 14. The first-order valence-electron chi connectivity index (χ1n) is 10.1. The highest BCUT2D eigenvalue weighted by atomic mass is 16.5. The fourth-order valence-electron chi connectivity index (χ4n) is 2.91. The molecule has 2 aromatic rings. The molecule has 6 heteroatoms. The van der Waals surface area contributed by atoms with Crippen molar-refractivity contribution in [2.75, 3.05) is 13.2 Å². The van der Waals surface area contributed by atoms with E-state index in [9.17, 15) is 0 Å². The summed E-state index contributed by atoms with van der Waals surface area (Å²) < 4.78 is 11.5. The van der Waals surface area contributed by atoms with Gasteiger partial charge in [0.15, 0.2) is 0 Å². The zero-order chi connectivity index (χ0) is 20.9. The Morgan fingerprint density at radius 2 is 1.00 bits per heavy atom. The lowest BCUT2D eigenvalue weighted by Crippen LogP contribution is -2.09. The Labute approximate surface area is 173 Å². The molecule has 0 saturated heterocycles. The van der Waals surface area contributed by atoms with Gasteiger partial charge in [0, 0.05) is 19.3 Å². The molecule has 0 unspecified atom stereocenters. The molecular weight excluding hydrogens is 364 g/mol. The summed E-state index contributed by atoms with van der Waals surface area (Å²) in [7, 11) is 0. The number of amidine groups is 2. The van der Waals surface area contributed by atoms with Gasteiger partial charge in [0.25, 0.3) is 0 Å². The van der Waals surface area contributed by atoms with E-state index in [4.69, 9.17) is 31.8 Å². The van der Waals surface area contributed by atoms with Crippen LogP contribution in [-0.2, 0) is 12.8 Å². The van der Waals surface area contributed by atoms with E-state index in [0.717, 1.165) is 43.6 Å². The lowest BCUT2D eigenvalue weighted by Gasteiger charge is -2.09. The van der Waals surface area contributed by atoms with Gasteiger partial charge in [0.05, 0.1) is 24.9 Å². The van der Waals surface area contributed by atoms with Crippen LogP contribution in [-0.4, -0.2) is 24.9 Å². The number of hydrogen-bond donors (Lipinski definition) is 4. The van der Waals surface area contributed by atoms with Crippen molar-refractivity contribution in [2.45, 2.75) is 44.9 Å². The van der Waals surface area contributed by atoms with E-state index in [1.807, 2.05) is 24.3 Å². The van der Waals surface area contributed by atoms with Crippen LogP contribution in [0.15, 0.2) is 48.5 Å². The number of nitrogens with one attached hydrogen (secondary N) is 2. The van der Waals surface area contributed by atoms with Gasteiger partial charge in [-0.2, -0.15) is 0 Å². The Balaban J connectivity index is 1.59. The quantitative estimate of drug-likeness (QED) is 0.219. The summed E-state index contributed by atoms with van der Waals surface area (Å²) in [5.74, 6) is 2.20. The molecule has 0 saturated carbocycles. The lowest BCUT2D eigenvalue weighted by molar-refractivity contribution is 0.247. The van der Waals surface area contributed by atoms with Gasteiger partial charge in [-0.05, 0) is 61.1 Å². The van der Waals surface area contributed by atoms with Gasteiger partial charge < -0.3 is 20.9 Å². The van der Waals surface area contributed by atoms with E-state index < -0.39 is 0 Å². The van der Waals surface area contributed by atoms with Crippen molar-refractivity contribution < 1.29 is 9.47 Å². The first kappa shape index (κ1) is 22.3. The van der Waals surface area contributed by atoms with E-state index in [2.05, 4.69) is 24.3 Å². The minimum absolute atomic E-state index is 0.243. The summed E-state index contributed by atoms with van der Waals surface area (Å²) in [6.07, 6.45) is 5.72. The number of benzene rings is 2. The third-order valence-electron chi connectivity index (χ3n) is 4.50. The van der Waals surface area contributed by atoms with Gasteiger partial charge >= 0.3 is 0 Å². The fourth-order valence-corrected chi connectivity index (χ4v) is 2.91. The normalized spacial score (nSPS) is 10.5. The molecule has 0 bridgehead atoms. The van der Waals surface area contributed by atoms with E-state index in [0.29, 0.717) is 26.1 Å². The van der Waals surface area contributed by atoms with Crippen LogP contribution in [0.1, 0.15) is 43.2 Å². The predicted molar refractivity (Wildman–Crippen MR) is 118 cm³/mol. The molecule has 2 aromatic carbocycles. The Hall–Kier alpha value is -3.02. The second kappa shape index (κ2) is 12.4. The molecular formula is C23H32N4O2. The van der Waals surface area contributed by atoms with Gasteiger partial charge in [0.1, 0.15) is 11.5 Å². The Morgan fingerprint density at radius 3 is 1.34 bits per heavy atom. The van der Waals surface area contributed by atoms with E-state index in [1.165, 1.54) is 11.1 Å². The SMILES string of the molecule is N=C(N)CCCc1ccc(OCCCOc2ccc(CCCC(=N)N)cc2)cc1. The maximum atomic E-state index is 7.24. The van der Waals surface area contributed by atoms with E-state index in [1.54, 1.807) is 0 Å². The molecule has 6 N–H and O–H groups in total. The van der Waals surface area contributed by atoms with Crippen LogP contribution < -0.4 is 20.9 Å². The summed E-state index contributed by atoms with van der Waals surface area (Å²) >= 11 is 0. The van der Waals surface area contributed by atoms with Crippen LogP contribution >= 0.6 is 0 Å². The molecule has 29 heavy (non-hydrogen) atoms. The van der Waals surface area contributed by atoms with Crippen molar-refractivity contribution >= 4 is 11.7 Å². The average Bonchev–Trinajstić information content (AvgIpc) is 2.69. The Morgan fingerprint density at radius 1 is 0.621 bits per heavy atom. The van der Waals surface area contributed by atoms with Crippen LogP contribution in [0.2, 0.25) is 0 Å². The third-order valence-corrected chi connectivity index (χ3v) is 4.50. The minimum atomic E-state index is 0.243. The zero-order valence-electron chi connectivity index (χ0n) is 17.0. The van der Waals surface area contributed by atoms with Crippen molar-refractivity contribution in [2.24, 2.45) is 11.5 Å². The Kier molecular flexibility index (Phi) is 9.55. The van der Waals surface area contributed by atoms with Crippen molar-refractivity contribution in [3.05, 3.63) is 59.7 Å². The second-order valence-electron chi connectivity index (χ2n) is 7.10. The smallest absolute Gasteiger partial charge is 0.119 e. The fraction of sp³-hybridized carbons (Fsp3) is 0.391. The molecule has 0 amide bonds. The van der Waals surface area contributed by atoms with Crippen molar-refractivity contribution in [1.29, 1.82) is 10.8 Å². The Bertz CT molecular complexity index is 692. The van der Waals surface area contributed by atoms with Crippen molar-refractivity contribution in [3.8, 4) is 11.5 Å². The average molecular weight is 397 g/mol. The maximum absolute atomic E-state index is 7.24. The largest absolute Gasteiger partial charge is 0.493 e. The molecule has 0 spiro atoms. The van der Waals surface area contributed by atoms with Gasteiger partial charge in [-0.3, -0.25) is 10.8 Å². The van der Waals surface area contributed by atoms with Gasteiger partial charge in [-0.1, -0.05) is 24.3 Å². The van der Waals surface area contributed by atoms with Crippen LogP contribution in [0.25, 0.3) is 0 Å². The summed E-state index contributed by atoms with van der Waals surface area (Å²) in [4.78, 5) is 0.